The molecule has 0 aromatic heterocycles. The Labute approximate surface area is 210 Å². The van der Waals surface area contributed by atoms with Gasteiger partial charge in [0.25, 0.3) is 0 Å². The Morgan fingerprint density at radius 1 is 0.714 bits per heavy atom. The van der Waals surface area contributed by atoms with Crippen molar-refractivity contribution in [1.29, 1.82) is 0 Å². The third-order valence-corrected chi connectivity index (χ3v) is 7.82. The molecular weight excluding hydrogens is 654 g/mol. The summed E-state index contributed by atoms with van der Waals surface area (Å²) >= 11 is 0.980. The molecule has 15 nitrogen and oxygen atoms in total. The van der Waals surface area contributed by atoms with Crippen LogP contribution in [0.3, 0.4) is 0 Å². The van der Waals surface area contributed by atoms with E-state index >= 15 is 0 Å². The first-order valence-corrected chi connectivity index (χ1v) is 12.4. The summed E-state index contributed by atoms with van der Waals surface area (Å²) in [5.41, 5.74) is 0. The molecule has 8 N–H and O–H groups in total. The van der Waals surface area contributed by atoms with Gasteiger partial charge in [-0.05, 0) is 0 Å². The van der Waals surface area contributed by atoms with Crippen molar-refractivity contribution in [3.63, 3.8) is 0 Å². The average molecular weight is 686 g/mol. The van der Waals surface area contributed by atoms with Crippen LogP contribution in [-0.2, 0) is 52.4 Å². The van der Waals surface area contributed by atoms with Crippen LogP contribution in [0.4, 0.5) is 0 Å². The zero-order valence-electron chi connectivity index (χ0n) is 18.5. The van der Waals surface area contributed by atoms with E-state index in [1.54, 1.807) is 0 Å². The molecule has 0 aromatic rings. The molecule has 3 heterocycles. The van der Waals surface area contributed by atoms with Crippen LogP contribution in [0.15, 0.2) is 0 Å². The van der Waals surface area contributed by atoms with Crippen molar-refractivity contribution in [2.45, 2.75) is 90.4 Å². The molecule has 0 amide bonds. The Morgan fingerprint density at radius 3 is 1.69 bits per heavy atom. The molecule has 204 valence electrons. The molecule has 15 atom stereocenters. The molecule has 0 aliphatic carbocycles. The van der Waals surface area contributed by atoms with Crippen molar-refractivity contribution < 1.29 is 93.3 Å². The van der Waals surface area contributed by atoms with Gasteiger partial charge >= 0.3 is 198 Å². The Bertz CT molecular complexity index is 685. The fourth-order valence-corrected chi connectivity index (χ4v) is 5.09. The average Bonchev–Trinajstić information content (AvgIpc) is 2.86. The molecule has 0 aromatic carbocycles. The molecule has 3 saturated heterocycles. The van der Waals surface area contributed by atoms with Gasteiger partial charge in [-0.15, -0.1) is 0 Å². The first-order chi connectivity index (χ1) is 16.6. The number of aliphatic hydroxyl groups excluding tert-OH is 8. The number of hydrogen-bond donors (Lipinski definition) is 8. The zero-order valence-corrected chi connectivity index (χ0v) is 21.2. The predicted molar refractivity (Wildman–Crippen MR) is 103 cm³/mol. The number of carbonyl (C=O) groups excluding carboxylic acids is 1. The standard InChI is InChI=1S/C19H31O15.Re/c1-29-18-14(27)12(25)17(9(5-22)31-18)34-19-15(28)13(26)16(8(4-21)32-19)33-10-2-6(23)11(24)7(3-20)30-10;/h2-3,6-19,21-28H,4-5H2,1H3;. The van der Waals surface area contributed by atoms with Crippen LogP contribution in [0.2, 0.25) is 4.39 Å². The molecule has 0 spiro atoms. The van der Waals surface area contributed by atoms with Gasteiger partial charge in [-0.2, -0.15) is 0 Å². The van der Waals surface area contributed by atoms with E-state index in [0.29, 0.717) is 0 Å². The normalized spacial score (nSPS) is 51.2. The molecule has 16 heteroatoms. The summed E-state index contributed by atoms with van der Waals surface area (Å²) in [6, 6.07) is 0. The van der Waals surface area contributed by atoms with E-state index in [2.05, 4.69) is 0 Å². The Kier molecular flexibility index (Phi) is 10.5. The minimum atomic E-state index is -1.81. The number of carbonyl (C=O) groups is 1. The number of rotatable bonds is 8. The van der Waals surface area contributed by atoms with Gasteiger partial charge in [0, 0.05) is 7.11 Å². The number of ether oxygens (including phenoxy) is 6. The van der Waals surface area contributed by atoms with Crippen molar-refractivity contribution >= 4 is 6.29 Å². The molecular formula is C19H31O15Re. The summed E-state index contributed by atoms with van der Waals surface area (Å²) in [7, 11) is 1.22. The van der Waals surface area contributed by atoms with E-state index in [1.807, 2.05) is 0 Å². The second-order valence-electron chi connectivity index (χ2n) is 8.38. The fraction of sp³-hybridized carbons (Fsp3) is 0.947. The van der Waals surface area contributed by atoms with E-state index in [-0.39, 0.29) is 6.29 Å². The van der Waals surface area contributed by atoms with E-state index in [4.69, 9.17) is 28.4 Å². The van der Waals surface area contributed by atoms with Gasteiger partial charge < -0.3 is 4.74 Å². The first kappa shape index (κ1) is 29.3. The summed E-state index contributed by atoms with van der Waals surface area (Å²) < 4.78 is 31.6. The molecule has 35 heavy (non-hydrogen) atoms. The van der Waals surface area contributed by atoms with E-state index in [9.17, 15) is 45.6 Å². The van der Waals surface area contributed by atoms with Crippen molar-refractivity contribution in [2.24, 2.45) is 0 Å². The summed E-state index contributed by atoms with van der Waals surface area (Å²) in [6.07, 6.45) is -20.3. The van der Waals surface area contributed by atoms with Crippen molar-refractivity contribution in [1.82, 2.24) is 0 Å². The van der Waals surface area contributed by atoms with Crippen LogP contribution in [-0.4, -0.2) is 153 Å². The fourth-order valence-electron chi connectivity index (χ4n) is 4.13. The van der Waals surface area contributed by atoms with Crippen LogP contribution in [0, 0.1) is 0 Å². The molecule has 3 aliphatic heterocycles. The second kappa shape index (κ2) is 12.5. The molecule has 3 aliphatic rings. The monoisotopic (exact) mass is 686 g/mol. The third kappa shape index (κ3) is 5.94. The summed E-state index contributed by atoms with van der Waals surface area (Å²) in [4.78, 5) is 11.2. The Balaban J connectivity index is 1.72. The summed E-state index contributed by atoms with van der Waals surface area (Å²) in [6.45, 7) is -1.39. The molecule has 0 saturated carbocycles. The first-order valence-electron chi connectivity index (χ1n) is 10.8. The van der Waals surface area contributed by atoms with Crippen molar-refractivity contribution in [3.05, 3.63) is 0 Å². The van der Waals surface area contributed by atoms with E-state index in [0.717, 1.165) is 19.2 Å². The third-order valence-electron chi connectivity index (χ3n) is 6.15. The van der Waals surface area contributed by atoms with Gasteiger partial charge in [0.2, 0.25) is 0 Å². The molecule has 15 unspecified atom stereocenters. The van der Waals surface area contributed by atoms with Gasteiger partial charge in [0.15, 0.2) is 0 Å². The summed E-state index contributed by atoms with van der Waals surface area (Å²) in [5, 5.41) is 81.5. The zero-order chi connectivity index (χ0) is 26.0. The maximum atomic E-state index is 11.2. The van der Waals surface area contributed by atoms with Crippen molar-refractivity contribution in [3.8, 4) is 0 Å². The van der Waals surface area contributed by atoms with Crippen LogP contribution >= 0.6 is 0 Å². The molecule has 3 rings (SSSR count). The molecule has 0 bridgehead atoms. The summed E-state index contributed by atoms with van der Waals surface area (Å²) in [5.74, 6) is 0. The maximum absolute atomic E-state index is 11.2. The molecule has 3 fully saturated rings. The van der Waals surface area contributed by atoms with Gasteiger partial charge in [0.05, 0.1) is 0 Å². The number of hydrogen-bond acceptors (Lipinski definition) is 15. The number of methoxy groups -OCH3 is 1. The van der Waals surface area contributed by atoms with Gasteiger partial charge in [-0.3, -0.25) is 0 Å². The van der Waals surface area contributed by atoms with E-state index < -0.39 is 104 Å². The van der Waals surface area contributed by atoms with Crippen LogP contribution in [0.1, 0.15) is 0 Å². The topological polar surface area (TPSA) is 234 Å². The Morgan fingerprint density at radius 2 is 1.20 bits per heavy atom. The van der Waals surface area contributed by atoms with Crippen LogP contribution in [0.25, 0.3) is 0 Å². The van der Waals surface area contributed by atoms with Crippen LogP contribution in [0.5, 0.6) is 0 Å². The van der Waals surface area contributed by atoms with Gasteiger partial charge in [0.1, 0.15) is 0 Å². The Hall–Kier alpha value is -0.228. The van der Waals surface area contributed by atoms with Gasteiger partial charge in [-0.1, -0.05) is 0 Å². The van der Waals surface area contributed by atoms with E-state index in [1.165, 1.54) is 7.11 Å². The molecule has 0 radical (unpaired) electrons. The second-order valence-corrected chi connectivity index (χ2v) is 10.2. The minimum absolute atomic E-state index is 0.288. The number of aldehydes is 1. The SMILES string of the molecule is COC1OC(CO)C(OC2OC(CO)C(OC3OC(C=O)C(O)C(O)[CH]3[Re])C(O)C2O)C(O)C1O. The quantitative estimate of drug-likeness (QED) is 0.111. The number of aliphatic hydroxyl groups is 8. The van der Waals surface area contributed by atoms with Crippen molar-refractivity contribution in [2.75, 3.05) is 20.3 Å². The predicted octanol–water partition coefficient (Wildman–Crippen LogP) is -5.74. The van der Waals surface area contributed by atoms with Crippen LogP contribution < -0.4 is 0 Å². The van der Waals surface area contributed by atoms with Gasteiger partial charge in [-0.25, -0.2) is 0 Å².